The molecule has 3 heterocycles. The molecule has 38 heavy (non-hydrogen) atoms. The fourth-order valence-electron chi connectivity index (χ4n) is 5.00. The molecule has 0 radical (unpaired) electrons. The van der Waals surface area contributed by atoms with Crippen molar-refractivity contribution in [3.63, 3.8) is 0 Å². The molecular weight excluding hydrogens is 568 g/mol. The van der Waals surface area contributed by atoms with E-state index in [4.69, 9.17) is 9.47 Å². The van der Waals surface area contributed by atoms with Gasteiger partial charge in [0.05, 0.1) is 28.4 Å². The van der Waals surface area contributed by atoms with E-state index in [0.29, 0.717) is 40.6 Å². The summed E-state index contributed by atoms with van der Waals surface area (Å²) in [6.45, 7) is 4.42. The molecule has 1 amide bonds. The topological polar surface area (TPSA) is 89.0 Å². The first-order valence-corrected chi connectivity index (χ1v) is 13.8. The summed E-state index contributed by atoms with van der Waals surface area (Å²) in [5, 5.41) is 11.9. The molecule has 0 spiro atoms. The summed E-state index contributed by atoms with van der Waals surface area (Å²) in [7, 11) is 0. The van der Waals surface area contributed by atoms with Crippen molar-refractivity contribution in [2.24, 2.45) is 0 Å². The summed E-state index contributed by atoms with van der Waals surface area (Å²) in [4.78, 5) is 33.1. The van der Waals surface area contributed by atoms with Crippen LogP contribution in [0.5, 0.6) is 11.5 Å². The van der Waals surface area contributed by atoms with Gasteiger partial charge in [-0.15, -0.1) is 0 Å². The SMILES string of the molecule is CCOc1ccc2nc(N3C(=O)C(=O)C(=C(O)c4ccc5c(c4)C[C@H](C)O5)[C@H]3c3cccc(Br)c3)sc2c1. The number of aromatic nitrogens is 1. The molecule has 1 fully saturated rings. The second-order valence-corrected chi connectivity index (χ2v) is 11.2. The molecule has 0 bridgehead atoms. The first-order chi connectivity index (χ1) is 18.3. The lowest BCUT2D eigenvalue weighted by molar-refractivity contribution is -0.132. The molecule has 6 rings (SSSR count). The molecular formula is C29H23BrN2O5S. The number of aliphatic hydroxyl groups excluding tert-OH is 1. The van der Waals surface area contributed by atoms with Crippen LogP contribution in [0.4, 0.5) is 5.13 Å². The zero-order valence-corrected chi connectivity index (χ0v) is 23.0. The maximum Gasteiger partial charge on any atom is 0.301 e. The zero-order valence-electron chi connectivity index (χ0n) is 20.6. The lowest BCUT2D eigenvalue weighted by Crippen LogP contribution is -2.29. The van der Waals surface area contributed by atoms with Crippen molar-refractivity contribution in [3.8, 4) is 11.5 Å². The van der Waals surface area contributed by atoms with Gasteiger partial charge in [-0.3, -0.25) is 14.5 Å². The quantitative estimate of drug-likeness (QED) is 0.164. The number of carbonyl (C=O) groups is 2. The van der Waals surface area contributed by atoms with Crippen molar-refractivity contribution >= 4 is 60.1 Å². The maximum atomic E-state index is 13.5. The van der Waals surface area contributed by atoms with Crippen LogP contribution in [0.3, 0.4) is 0 Å². The summed E-state index contributed by atoms with van der Waals surface area (Å²) < 4.78 is 13.0. The number of hydrogen-bond donors (Lipinski definition) is 1. The Morgan fingerprint density at radius 3 is 2.82 bits per heavy atom. The number of thiazole rings is 1. The second kappa shape index (κ2) is 9.56. The van der Waals surface area contributed by atoms with Crippen LogP contribution in [-0.2, 0) is 16.0 Å². The number of amides is 1. The number of aliphatic hydroxyl groups is 1. The standard InChI is InChI=1S/C29H23BrN2O5S/c1-3-36-20-8-9-21-23(14-20)38-29(31-21)32-25(16-5-4-6-19(30)13-16)24(27(34)28(32)35)26(33)17-7-10-22-18(12-17)11-15(2)37-22/h4-10,12-15,25,33H,3,11H2,1-2H3/t15-,25+/m0/s1. The third-order valence-electron chi connectivity index (χ3n) is 6.64. The Kier molecular flexibility index (Phi) is 6.20. The van der Waals surface area contributed by atoms with Crippen LogP contribution in [0, 0.1) is 0 Å². The van der Waals surface area contributed by atoms with E-state index in [9.17, 15) is 14.7 Å². The Morgan fingerprint density at radius 1 is 1.18 bits per heavy atom. The molecule has 4 aromatic rings. The van der Waals surface area contributed by atoms with Crippen LogP contribution in [0.25, 0.3) is 16.0 Å². The Balaban J connectivity index is 1.51. The minimum absolute atomic E-state index is 0.0225. The van der Waals surface area contributed by atoms with Gasteiger partial charge in [-0.1, -0.05) is 39.4 Å². The lowest BCUT2D eigenvalue weighted by Gasteiger charge is -2.23. The van der Waals surface area contributed by atoms with Crippen molar-refractivity contribution in [1.82, 2.24) is 4.98 Å². The van der Waals surface area contributed by atoms with Crippen molar-refractivity contribution in [1.29, 1.82) is 0 Å². The van der Waals surface area contributed by atoms with Gasteiger partial charge in [0.2, 0.25) is 0 Å². The van der Waals surface area contributed by atoms with Crippen LogP contribution in [0.2, 0.25) is 0 Å². The normalized spacial score (nSPS) is 20.1. The van der Waals surface area contributed by atoms with Crippen LogP contribution in [0.15, 0.2) is 70.7 Å². The molecule has 192 valence electrons. The Bertz CT molecular complexity index is 1650. The van der Waals surface area contributed by atoms with Crippen LogP contribution >= 0.6 is 27.3 Å². The fourth-order valence-corrected chi connectivity index (χ4v) is 6.44. The van der Waals surface area contributed by atoms with E-state index in [1.807, 2.05) is 62.4 Å². The minimum Gasteiger partial charge on any atom is -0.507 e. The number of fused-ring (bicyclic) bond motifs is 2. The Hall–Kier alpha value is -3.69. The predicted octanol–water partition coefficient (Wildman–Crippen LogP) is 6.41. The third-order valence-corrected chi connectivity index (χ3v) is 8.15. The first kappa shape index (κ1) is 24.6. The first-order valence-electron chi connectivity index (χ1n) is 12.2. The van der Waals surface area contributed by atoms with E-state index in [1.165, 1.54) is 16.2 Å². The van der Waals surface area contributed by atoms with Gasteiger partial charge in [0.1, 0.15) is 23.4 Å². The van der Waals surface area contributed by atoms with Gasteiger partial charge in [0.25, 0.3) is 5.78 Å². The largest absolute Gasteiger partial charge is 0.507 e. The highest BCUT2D eigenvalue weighted by molar-refractivity contribution is 9.10. The van der Waals surface area contributed by atoms with Crippen molar-refractivity contribution in [2.45, 2.75) is 32.4 Å². The summed E-state index contributed by atoms with van der Waals surface area (Å²) in [5.74, 6) is -0.252. The van der Waals surface area contributed by atoms with E-state index in [0.717, 1.165) is 20.5 Å². The second-order valence-electron chi connectivity index (χ2n) is 9.24. The molecule has 2 atom stereocenters. The molecule has 2 aliphatic heterocycles. The number of anilines is 1. The van der Waals surface area contributed by atoms with Gasteiger partial charge in [-0.05, 0) is 73.5 Å². The number of benzene rings is 3. The predicted molar refractivity (Wildman–Crippen MR) is 150 cm³/mol. The monoisotopic (exact) mass is 590 g/mol. The van der Waals surface area contributed by atoms with Gasteiger partial charge in [-0.25, -0.2) is 4.98 Å². The van der Waals surface area contributed by atoms with Gasteiger partial charge < -0.3 is 14.6 Å². The molecule has 1 saturated heterocycles. The van der Waals surface area contributed by atoms with Crippen LogP contribution < -0.4 is 14.4 Å². The summed E-state index contributed by atoms with van der Waals surface area (Å²) in [6.07, 6.45) is 0.742. The summed E-state index contributed by atoms with van der Waals surface area (Å²) in [5.41, 5.74) is 2.80. The molecule has 1 aromatic heterocycles. The number of rotatable bonds is 5. The van der Waals surface area contributed by atoms with Gasteiger partial charge in [0, 0.05) is 16.5 Å². The molecule has 2 aliphatic rings. The van der Waals surface area contributed by atoms with E-state index in [-0.39, 0.29) is 17.4 Å². The lowest BCUT2D eigenvalue weighted by atomic mass is 9.94. The van der Waals surface area contributed by atoms with Crippen molar-refractivity contribution in [3.05, 3.63) is 87.4 Å². The maximum absolute atomic E-state index is 13.5. The molecule has 0 unspecified atom stereocenters. The number of ether oxygens (including phenoxy) is 2. The number of carbonyl (C=O) groups excluding carboxylic acids is 2. The smallest absolute Gasteiger partial charge is 0.301 e. The van der Waals surface area contributed by atoms with Crippen LogP contribution in [-0.4, -0.2) is 34.5 Å². The highest BCUT2D eigenvalue weighted by atomic mass is 79.9. The minimum atomic E-state index is -0.858. The average Bonchev–Trinajstić information content (AvgIpc) is 3.56. The number of nitrogens with zero attached hydrogens (tertiary/aromatic N) is 2. The van der Waals surface area contributed by atoms with Gasteiger partial charge in [-0.2, -0.15) is 0 Å². The van der Waals surface area contributed by atoms with Crippen LogP contribution in [0.1, 0.15) is 36.6 Å². The Labute approximate surface area is 231 Å². The summed E-state index contributed by atoms with van der Waals surface area (Å²) in [6, 6.07) is 17.4. The van der Waals surface area contributed by atoms with Crippen molar-refractivity contribution in [2.75, 3.05) is 11.5 Å². The molecule has 7 nitrogen and oxygen atoms in total. The van der Waals surface area contributed by atoms with Gasteiger partial charge in [0.15, 0.2) is 5.13 Å². The van der Waals surface area contributed by atoms with E-state index < -0.39 is 17.7 Å². The van der Waals surface area contributed by atoms with Crippen molar-refractivity contribution < 1.29 is 24.2 Å². The molecule has 3 aromatic carbocycles. The molecule has 0 aliphatic carbocycles. The fraction of sp³-hybridized carbons (Fsp3) is 0.207. The average molecular weight is 591 g/mol. The number of Topliss-reactive ketones (excluding diaryl/α,β-unsaturated/α-hetero) is 1. The third kappa shape index (κ3) is 4.16. The molecule has 9 heteroatoms. The highest BCUT2D eigenvalue weighted by Crippen LogP contribution is 2.45. The van der Waals surface area contributed by atoms with E-state index in [2.05, 4.69) is 20.9 Å². The molecule has 1 N–H and O–H groups in total. The van der Waals surface area contributed by atoms with Gasteiger partial charge >= 0.3 is 5.91 Å². The van der Waals surface area contributed by atoms with E-state index >= 15 is 0 Å². The van der Waals surface area contributed by atoms with E-state index in [1.54, 1.807) is 12.1 Å². The number of halogens is 1. The highest BCUT2D eigenvalue weighted by Gasteiger charge is 2.48. The number of hydrogen-bond acceptors (Lipinski definition) is 7. The zero-order chi connectivity index (χ0) is 26.6. The summed E-state index contributed by atoms with van der Waals surface area (Å²) >= 11 is 4.80. The Morgan fingerprint density at radius 2 is 2.03 bits per heavy atom. The molecule has 0 saturated carbocycles. The number of ketones is 1.